The maximum absolute atomic E-state index is 12.0. The molecule has 1 amide bonds. The standard InChI is InChI=1S/C11H12N6O/c1-6(2)7-3-8(18)17(16-7)11-9-10(13-4-12-9)14-5-15-11/h4-6H,3H2,1-2H3,(H,12,13,14,15). The van der Waals surface area contributed by atoms with Crippen LogP contribution in [0.2, 0.25) is 0 Å². The molecule has 0 aliphatic carbocycles. The van der Waals surface area contributed by atoms with Gasteiger partial charge in [0.1, 0.15) is 11.8 Å². The fourth-order valence-electron chi connectivity index (χ4n) is 1.85. The molecule has 0 spiro atoms. The average Bonchev–Trinajstić information content (AvgIpc) is 2.94. The number of rotatable bonds is 2. The van der Waals surface area contributed by atoms with Crippen molar-refractivity contribution >= 4 is 28.6 Å². The highest BCUT2D eigenvalue weighted by atomic mass is 16.2. The van der Waals surface area contributed by atoms with E-state index in [1.807, 2.05) is 13.8 Å². The first kappa shape index (κ1) is 10.8. The Morgan fingerprint density at radius 3 is 2.89 bits per heavy atom. The number of hydrazone groups is 1. The van der Waals surface area contributed by atoms with Crippen LogP contribution in [0.25, 0.3) is 11.2 Å². The summed E-state index contributed by atoms with van der Waals surface area (Å²) < 4.78 is 0. The van der Waals surface area contributed by atoms with Crippen molar-refractivity contribution in [2.75, 3.05) is 5.01 Å². The molecule has 0 aromatic carbocycles. The summed E-state index contributed by atoms with van der Waals surface area (Å²) in [6.07, 6.45) is 3.25. The van der Waals surface area contributed by atoms with Gasteiger partial charge in [0.15, 0.2) is 11.5 Å². The van der Waals surface area contributed by atoms with Crippen LogP contribution in [0.4, 0.5) is 5.82 Å². The van der Waals surface area contributed by atoms with Crippen molar-refractivity contribution < 1.29 is 4.79 Å². The summed E-state index contributed by atoms with van der Waals surface area (Å²) in [4.78, 5) is 27.1. The number of amides is 1. The van der Waals surface area contributed by atoms with E-state index < -0.39 is 0 Å². The molecule has 3 heterocycles. The maximum atomic E-state index is 12.0. The van der Waals surface area contributed by atoms with Crippen molar-refractivity contribution in [1.82, 2.24) is 19.9 Å². The molecule has 3 rings (SSSR count). The number of nitrogens with zero attached hydrogens (tertiary/aromatic N) is 5. The van der Waals surface area contributed by atoms with Crippen LogP contribution in [-0.4, -0.2) is 31.6 Å². The lowest BCUT2D eigenvalue weighted by molar-refractivity contribution is -0.116. The van der Waals surface area contributed by atoms with Gasteiger partial charge < -0.3 is 4.98 Å². The minimum Gasteiger partial charge on any atom is -0.340 e. The minimum absolute atomic E-state index is 0.0756. The average molecular weight is 244 g/mol. The summed E-state index contributed by atoms with van der Waals surface area (Å²) in [6.45, 7) is 4.03. The Labute approximate surface area is 103 Å². The quantitative estimate of drug-likeness (QED) is 0.856. The molecular weight excluding hydrogens is 232 g/mol. The third-order valence-electron chi connectivity index (χ3n) is 2.87. The number of H-pyrrole nitrogens is 1. The van der Waals surface area contributed by atoms with Gasteiger partial charge in [0.2, 0.25) is 0 Å². The van der Waals surface area contributed by atoms with Gasteiger partial charge in [0.05, 0.1) is 18.5 Å². The van der Waals surface area contributed by atoms with Gasteiger partial charge in [-0.05, 0) is 5.92 Å². The van der Waals surface area contributed by atoms with E-state index in [2.05, 4.69) is 25.0 Å². The van der Waals surface area contributed by atoms with Gasteiger partial charge in [-0.1, -0.05) is 13.8 Å². The molecule has 7 heteroatoms. The number of hydrogen-bond acceptors (Lipinski definition) is 5. The van der Waals surface area contributed by atoms with Crippen molar-refractivity contribution in [3.63, 3.8) is 0 Å². The molecule has 0 radical (unpaired) electrons. The Bertz CT molecular complexity index is 644. The fraction of sp³-hybridized carbons (Fsp3) is 0.364. The Morgan fingerprint density at radius 1 is 1.33 bits per heavy atom. The molecule has 0 bridgehead atoms. The predicted molar refractivity (Wildman–Crippen MR) is 66.1 cm³/mol. The fourth-order valence-corrected chi connectivity index (χ4v) is 1.85. The van der Waals surface area contributed by atoms with Gasteiger partial charge in [0, 0.05) is 0 Å². The molecule has 0 atom stereocenters. The van der Waals surface area contributed by atoms with Crippen molar-refractivity contribution in [2.45, 2.75) is 20.3 Å². The molecule has 1 aliphatic heterocycles. The van der Waals surface area contributed by atoms with Crippen molar-refractivity contribution in [2.24, 2.45) is 11.0 Å². The predicted octanol–water partition coefficient (Wildman–Crippen LogP) is 1.10. The Morgan fingerprint density at radius 2 is 2.17 bits per heavy atom. The molecule has 1 aliphatic rings. The first-order chi connectivity index (χ1) is 8.66. The summed E-state index contributed by atoms with van der Waals surface area (Å²) in [5.41, 5.74) is 2.02. The van der Waals surface area contributed by atoms with E-state index >= 15 is 0 Å². The highest BCUT2D eigenvalue weighted by Crippen LogP contribution is 2.25. The molecule has 0 saturated heterocycles. The third-order valence-corrected chi connectivity index (χ3v) is 2.87. The number of hydrogen-bond donors (Lipinski definition) is 1. The highest BCUT2D eigenvalue weighted by molar-refractivity contribution is 6.14. The van der Waals surface area contributed by atoms with Gasteiger partial charge >= 0.3 is 0 Å². The topological polar surface area (TPSA) is 87.1 Å². The van der Waals surface area contributed by atoms with Crippen LogP contribution in [0, 0.1) is 5.92 Å². The maximum Gasteiger partial charge on any atom is 0.254 e. The van der Waals surface area contributed by atoms with Gasteiger partial charge in [0.25, 0.3) is 5.91 Å². The molecular formula is C11H12N6O. The molecule has 18 heavy (non-hydrogen) atoms. The van der Waals surface area contributed by atoms with Crippen LogP contribution >= 0.6 is 0 Å². The monoisotopic (exact) mass is 244 g/mol. The van der Waals surface area contributed by atoms with Crippen molar-refractivity contribution in [1.29, 1.82) is 0 Å². The second-order valence-electron chi connectivity index (χ2n) is 4.43. The van der Waals surface area contributed by atoms with E-state index in [4.69, 9.17) is 0 Å². The summed E-state index contributed by atoms with van der Waals surface area (Å²) in [5, 5.41) is 5.66. The number of carbonyl (C=O) groups excluding carboxylic acids is 1. The van der Waals surface area contributed by atoms with E-state index in [1.165, 1.54) is 17.7 Å². The Kier molecular flexibility index (Phi) is 2.32. The molecule has 92 valence electrons. The summed E-state index contributed by atoms with van der Waals surface area (Å²) in [5.74, 6) is 0.629. The number of aromatic amines is 1. The molecule has 0 unspecified atom stereocenters. The van der Waals surface area contributed by atoms with Gasteiger partial charge in [-0.3, -0.25) is 4.79 Å². The minimum atomic E-state index is -0.0756. The molecule has 2 aromatic heterocycles. The van der Waals surface area contributed by atoms with Gasteiger partial charge in [-0.15, -0.1) is 0 Å². The summed E-state index contributed by atoms with van der Waals surface area (Å²) >= 11 is 0. The zero-order chi connectivity index (χ0) is 12.7. The van der Waals surface area contributed by atoms with Crippen LogP contribution in [-0.2, 0) is 4.79 Å². The molecule has 1 N–H and O–H groups in total. The number of imidazole rings is 1. The van der Waals surface area contributed by atoms with Crippen LogP contribution in [0.15, 0.2) is 17.8 Å². The van der Waals surface area contributed by atoms with Crippen molar-refractivity contribution in [3.05, 3.63) is 12.7 Å². The third kappa shape index (κ3) is 1.55. The van der Waals surface area contributed by atoms with Gasteiger partial charge in [-0.25, -0.2) is 15.0 Å². The largest absolute Gasteiger partial charge is 0.340 e. The Balaban J connectivity index is 2.10. The lowest BCUT2D eigenvalue weighted by Gasteiger charge is -2.10. The molecule has 0 fully saturated rings. The lowest BCUT2D eigenvalue weighted by atomic mass is 10.1. The number of nitrogens with one attached hydrogen (secondary N) is 1. The number of carbonyl (C=O) groups is 1. The molecule has 0 saturated carbocycles. The number of anilines is 1. The molecule has 7 nitrogen and oxygen atoms in total. The zero-order valence-corrected chi connectivity index (χ0v) is 10.1. The van der Waals surface area contributed by atoms with E-state index in [-0.39, 0.29) is 11.8 Å². The first-order valence-corrected chi connectivity index (χ1v) is 5.71. The first-order valence-electron chi connectivity index (χ1n) is 5.71. The summed E-state index contributed by atoms with van der Waals surface area (Å²) in [7, 11) is 0. The highest BCUT2D eigenvalue weighted by Gasteiger charge is 2.29. The van der Waals surface area contributed by atoms with Crippen LogP contribution in [0.5, 0.6) is 0 Å². The Hall–Kier alpha value is -2.31. The van der Waals surface area contributed by atoms with Crippen LogP contribution in [0.3, 0.4) is 0 Å². The van der Waals surface area contributed by atoms with E-state index in [0.717, 1.165) is 5.71 Å². The second kappa shape index (κ2) is 3.86. The van der Waals surface area contributed by atoms with E-state index in [1.54, 1.807) is 0 Å². The second-order valence-corrected chi connectivity index (χ2v) is 4.43. The van der Waals surface area contributed by atoms with Crippen LogP contribution < -0.4 is 5.01 Å². The number of aromatic nitrogens is 4. The molecule has 2 aromatic rings. The SMILES string of the molecule is CC(C)C1=NN(c2ncnc3nc[nH]c23)C(=O)C1. The van der Waals surface area contributed by atoms with E-state index in [0.29, 0.717) is 23.4 Å². The van der Waals surface area contributed by atoms with Crippen molar-refractivity contribution in [3.8, 4) is 0 Å². The van der Waals surface area contributed by atoms with Gasteiger partial charge in [-0.2, -0.15) is 10.1 Å². The zero-order valence-electron chi connectivity index (χ0n) is 10.1. The normalized spacial score (nSPS) is 15.8. The summed E-state index contributed by atoms with van der Waals surface area (Å²) in [6, 6.07) is 0. The number of fused-ring (bicyclic) bond motifs is 1. The van der Waals surface area contributed by atoms with Crippen LogP contribution in [0.1, 0.15) is 20.3 Å². The van der Waals surface area contributed by atoms with E-state index in [9.17, 15) is 4.79 Å². The lowest BCUT2D eigenvalue weighted by Crippen LogP contribution is -2.21. The smallest absolute Gasteiger partial charge is 0.254 e.